The topological polar surface area (TPSA) is 78.1 Å². The Morgan fingerprint density at radius 2 is 1.73 bits per heavy atom. The number of nitrogen functional groups attached to an aromatic ring is 2. The first-order valence-electron chi connectivity index (χ1n) is 3.08. The van der Waals surface area contributed by atoms with E-state index in [0.717, 1.165) is 0 Å². The van der Waals surface area contributed by atoms with Gasteiger partial charge in [0.2, 0.25) is 0 Å². The number of nitrogens with two attached hydrogens (primary N) is 3. The van der Waals surface area contributed by atoms with Gasteiger partial charge in [0.1, 0.15) is 0 Å². The lowest BCUT2D eigenvalue weighted by Crippen LogP contribution is -1.88. The van der Waals surface area contributed by atoms with Crippen LogP contribution in [-0.4, -0.2) is 7.05 Å². The molecule has 1 aromatic rings. The molecule has 0 saturated heterocycles. The van der Waals surface area contributed by atoms with Crippen LogP contribution in [0.25, 0.3) is 0 Å². The molecule has 6 N–H and O–H groups in total. The zero-order chi connectivity index (χ0) is 8.85. The van der Waals surface area contributed by atoms with Crippen LogP contribution in [0.1, 0.15) is 0 Å². The summed E-state index contributed by atoms with van der Waals surface area (Å²) in [5.74, 6) is 0. The smallest absolute Gasteiger partial charge is 0.0655 e. The Hall–Kier alpha value is -0.930. The first kappa shape index (κ1) is 10.1. The van der Waals surface area contributed by atoms with Crippen molar-refractivity contribution in [1.29, 1.82) is 0 Å². The minimum absolute atomic E-state index is 0.509. The molecule has 0 aliphatic rings. The summed E-state index contributed by atoms with van der Waals surface area (Å²) in [4.78, 5) is 0. The van der Waals surface area contributed by atoms with Crippen molar-refractivity contribution in [1.82, 2.24) is 0 Å². The molecule has 3 nitrogen and oxygen atoms in total. The molecule has 0 spiro atoms. The highest BCUT2D eigenvalue weighted by atomic mass is 35.5. The van der Waals surface area contributed by atoms with Crippen molar-refractivity contribution >= 4 is 23.0 Å². The zero-order valence-corrected chi connectivity index (χ0v) is 7.10. The summed E-state index contributed by atoms with van der Waals surface area (Å²) in [6, 6.07) is 5.01. The monoisotopic (exact) mass is 173 g/mol. The van der Waals surface area contributed by atoms with Crippen molar-refractivity contribution in [3.8, 4) is 0 Å². The van der Waals surface area contributed by atoms with Gasteiger partial charge in [-0.05, 0) is 25.2 Å². The molecule has 0 aliphatic carbocycles. The number of rotatable bonds is 0. The number of anilines is 2. The second-order valence-corrected chi connectivity index (χ2v) is 2.19. The standard InChI is InChI=1S/C6H7ClN2.CH5N/c7-5-3-4(8)1-2-6(5)9;1-2/h1-3H,8-9H2;2H2,1H3. The predicted octanol–water partition coefficient (Wildman–Crippen LogP) is 1.08. The van der Waals surface area contributed by atoms with Crippen LogP contribution in [0.5, 0.6) is 0 Å². The van der Waals surface area contributed by atoms with E-state index in [0.29, 0.717) is 16.4 Å². The quantitative estimate of drug-likeness (QED) is 0.514. The molecule has 0 fully saturated rings. The van der Waals surface area contributed by atoms with Gasteiger partial charge in [0.25, 0.3) is 0 Å². The molecule has 0 radical (unpaired) electrons. The van der Waals surface area contributed by atoms with Crippen LogP contribution in [0.15, 0.2) is 18.2 Å². The molecule has 11 heavy (non-hydrogen) atoms. The minimum Gasteiger partial charge on any atom is -0.399 e. The molecule has 0 aromatic heterocycles. The van der Waals surface area contributed by atoms with Gasteiger partial charge in [-0.3, -0.25) is 0 Å². The fraction of sp³-hybridized carbons (Fsp3) is 0.143. The Morgan fingerprint density at radius 3 is 2.09 bits per heavy atom. The molecule has 1 aromatic carbocycles. The first-order chi connectivity index (χ1) is 5.20. The zero-order valence-electron chi connectivity index (χ0n) is 6.34. The van der Waals surface area contributed by atoms with E-state index in [2.05, 4.69) is 5.73 Å². The van der Waals surface area contributed by atoms with Crippen LogP contribution >= 0.6 is 11.6 Å². The average molecular weight is 174 g/mol. The first-order valence-corrected chi connectivity index (χ1v) is 3.46. The van der Waals surface area contributed by atoms with Gasteiger partial charge in [-0.15, -0.1) is 0 Å². The summed E-state index contributed by atoms with van der Waals surface area (Å²) < 4.78 is 0. The van der Waals surface area contributed by atoms with Gasteiger partial charge in [0.05, 0.1) is 10.7 Å². The van der Waals surface area contributed by atoms with Gasteiger partial charge in [-0.1, -0.05) is 11.6 Å². The molecule has 4 heteroatoms. The molecular formula is C7H12ClN3. The van der Waals surface area contributed by atoms with Crippen LogP contribution in [-0.2, 0) is 0 Å². The average Bonchev–Trinajstić information content (AvgIpc) is 2.02. The van der Waals surface area contributed by atoms with Gasteiger partial charge in [-0.2, -0.15) is 0 Å². The van der Waals surface area contributed by atoms with Crippen LogP contribution in [0, 0.1) is 0 Å². The number of hydrogen-bond donors (Lipinski definition) is 3. The third-order valence-corrected chi connectivity index (χ3v) is 1.35. The molecule has 0 amide bonds. The summed E-state index contributed by atoms with van der Waals surface area (Å²) in [5, 5.41) is 0.509. The van der Waals surface area contributed by atoms with Gasteiger partial charge < -0.3 is 17.2 Å². The van der Waals surface area contributed by atoms with E-state index in [-0.39, 0.29) is 0 Å². The predicted molar refractivity (Wildman–Crippen MR) is 50.4 cm³/mol. The van der Waals surface area contributed by atoms with Crippen LogP contribution in [0.4, 0.5) is 11.4 Å². The molecule has 0 atom stereocenters. The van der Waals surface area contributed by atoms with E-state index in [1.54, 1.807) is 18.2 Å². The van der Waals surface area contributed by atoms with Gasteiger partial charge in [0.15, 0.2) is 0 Å². The van der Waals surface area contributed by atoms with Crippen molar-refractivity contribution in [2.45, 2.75) is 0 Å². The SMILES string of the molecule is CN.Nc1ccc(N)c(Cl)c1. The van der Waals surface area contributed by atoms with Crippen LogP contribution in [0.3, 0.4) is 0 Å². The Labute approximate surface area is 71.1 Å². The second-order valence-electron chi connectivity index (χ2n) is 1.78. The maximum absolute atomic E-state index is 5.61. The fourth-order valence-corrected chi connectivity index (χ4v) is 0.732. The van der Waals surface area contributed by atoms with E-state index < -0.39 is 0 Å². The lowest BCUT2D eigenvalue weighted by molar-refractivity contribution is 1.48. The maximum atomic E-state index is 5.61. The largest absolute Gasteiger partial charge is 0.399 e. The van der Waals surface area contributed by atoms with Gasteiger partial charge in [0, 0.05) is 5.69 Å². The lowest BCUT2D eigenvalue weighted by Gasteiger charge is -1.96. The molecule has 0 saturated carbocycles. The molecule has 62 valence electrons. The molecule has 0 unspecified atom stereocenters. The Balaban J connectivity index is 0.000000461. The summed E-state index contributed by atoms with van der Waals surface area (Å²) in [5.41, 5.74) is 16.5. The van der Waals surface area contributed by atoms with Crippen molar-refractivity contribution in [2.24, 2.45) is 5.73 Å². The van der Waals surface area contributed by atoms with Crippen molar-refractivity contribution in [2.75, 3.05) is 18.5 Å². The van der Waals surface area contributed by atoms with Crippen LogP contribution < -0.4 is 17.2 Å². The summed E-state index contributed by atoms with van der Waals surface area (Å²) >= 11 is 5.61. The third-order valence-electron chi connectivity index (χ3n) is 1.02. The van der Waals surface area contributed by atoms with E-state index in [9.17, 15) is 0 Å². The van der Waals surface area contributed by atoms with E-state index in [1.165, 1.54) is 7.05 Å². The number of hydrogen-bond acceptors (Lipinski definition) is 3. The molecule has 1 rings (SSSR count). The van der Waals surface area contributed by atoms with Gasteiger partial charge >= 0.3 is 0 Å². The Bertz CT molecular complexity index is 225. The van der Waals surface area contributed by atoms with E-state index >= 15 is 0 Å². The van der Waals surface area contributed by atoms with Crippen molar-refractivity contribution in [3.63, 3.8) is 0 Å². The van der Waals surface area contributed by atoms with Crippen molar-refractivity contribution < 1.29 is 0 Å². The minimum atomic E-state index is 0.509. The lowest BCUT2D eigenvalue weighted by atomic mass is 10.3. The highest BCUT2D eigenvalue weighted by Crippen LogP contribution is 2.20. The summed E-state index contributed by atoms with van der Waals surface area (Å²) in [7, 11) is 1.50. The molecule has 0 aliphatic heterocycles. The number of benzene rings is 1. The summed E-state index contributed by atoms with van der Waals surface area (Å²) in [6.07, 6.45) is 0. The maximum Gasteiger partial charge on any atom is 0.0655 e. The third kappa shape index (κ3) is 3.11. The van der Waals surface area contributed by atoms with Gasteiger partial charge in [-0.25, -0.2) is 0 Å². The van der Waals surface area contributed by atoms with E-state index in [1.807, 2.05) is 0 Å². The normalized spacial score (nSPS) is 8.27. The van der Waals surface area contributed by atoms with Crippen molar-refractivity contribution in [3.05, 3.63) is 23.2 Å². The van der Waals surface area contributed by atoms with Crippen LogP contribution in [0.2, 0.25) is 5.02 Å². The molecule has 0 heterocycles. The highest BCUT2D eigenvalue weighted by Gasteiger charge is 1.92. The Morgan fingerprint density at radius 1 is 1.18 bits per heavy atom. The van der Waals surface area contributed by atoms with E-state index in [4.69, 9.17) is 23.1 Å². The summed E-state index contributed by atoms with van der Waals surface area (Å²) in [6.45, 7) is 0. The molecular weight excluding hydrogens is 162 g/mol. The highest BCUT2D eigenvalue weighted by molar-refractivity contribution is 6.33. The number of halogens is 1. The second kappa shape index (κ2) is 4.82. The molecule has 0 bridgehead atoms. The fourth-order valence-electron chi connectivity index (χ4n) is 0.543. The Kier molecular flexibility index (Phi) is 4.41.